The van der Waals surface area contributed by atoms with Crippen LogP contribution in [-0.2, 0) is 4.79 Å². The molecule has 2 aromatic rings. The van der Waals surface area contributed by atoms with Crippen LogP contribution in [-0.4, -0.2) is 51.3 Å². The molecule has 0 radical (unpaired) electrons. The summed E-state index contributed by atoms with van der Waals surface area (Å²) in [7, 11) is 1.58. The van der Waals surface area contributed by atoms with Crippen molar-refractivity contribution in [2.24, 2.45) is 4.99 Å². The third-order valence-electron chi connectivity index (χ3n) is 5.62. The van der Waals surface area contributed by atoms with Gasteiger partial charge in [0.2, 0.25) is 5.91 Å². The van der Waals surface area contributed by atoms with Crippen LogP contribution in [0.4, 0.5) is 5.69 Å². The highest BCUT2D eigenvalue weighted by Crippen LogP contribution is 2.32. The Hall–Kier alpha value is -2.99. The number of fused-ring (bicyclic) bond motifs is 1. The average Bonchev–Trinajstić information content (AvgIpc) is 2.78. The van der Waals surface area contributed by atoms with Gasteiger partial charge < -0.3 is 9.64 Å². The van der Waals surface area contributed by atoms with Crippen LogP contribution in [0.25, 0.3) is 0 Å². The number of anilines is 1. The molecule has 1 unspecified atom stereocenters. The lowest BCUT2D eigenvalue weighted by atomic mass is 9.89. The Morgan fingerprint density at radius 2 is 1.77 bits per heavy atom. The number of aliphatic imine (C=N–C) groups is 1. The number of methoxy groups -OCH3 is 1. The summed E-state index contributed by atoms with van der Waals surface area (Å²) in [5.41, 5.74) is 1.79. The molecule has 0 saturated carbocycles. The highest BCUT2D eigenvalue weighted by atomic mass is 16.5. The maximum Gasteiger partial charge on any atom is 0.265 e. The third kappa shape index (κ3) is 4.60. The zero-order valence-corrected chi connectivity index (χ0v) is 17.9. The molecule has 0 spiro atoms. The first-order valence-electron chi connectivity index (χ1n) is 10.6. The molecule has 6 nitrogen and oxygen atoms in total. The van der Waals surface area contributed by atoms with Crippen LogP contribution in [0.15, 0.2) is 53.5 Å². The first-order chi connectivity index (χ1) is 14.6. The maximum absolute atomic E-state index is 13.3. The van der Waals surface area contributed by atoms with E-state index in [9.17, 15) is 9.59 Å². The number of benzene rings is 2. The van der Waals surface area contributed by atoms with Crippen molar-refractivity contribution in [1.82, 2.24) is 0 Å². The summed E-state index contributed by atoms with van der Waals surface area (Å²) in [4.78, 5) is 33.7. The molecular weight excluding hydrogens is 378 g/mol. The normalized spacial score (nSPS) is 16.4. The van der Waals surface area contributed by atoms with E-state index in [1.165, 1.54) is 4.90 Å². The summed E-state index contributed by atoms with van der Waals surface area (Å²) in [6.07, 6.45) is 2.68. The third-order valence-corrected chi connectivity index (χ3v) is 5.62. The second-order valence-corrected chi connectivity index (χ2v) is 7.36. The molecule has 1 N–H and O–H groups in total. The summed E-state index contributed by atoms with van der Waals surface area (Å²) in [5.74, 6) is -0.483. The van der Waals surface area contributed by atoms with Crippen LogP contribution in [0.3, 0.4) is 0 Å². The summed E-state index contributed by atoms with van der Waals surface area (Å²) in [5, 5.41) is 0. The van der Waals surface area contributed by atoms with E-state index in [0.29, 0.717) is 23.5 Å². The van der Waals surface area contributed by atoms with E-state index in [1.54, 1.807) is 48.6 Å². The molecule has 0 aromatic heterocycles. The van der Waals surface area contributed by atoms with Crippen molar-refractivity contribution in [3.8, 4) is 5.75 Å². The molecule has 30 heavy (non-hydrogen) atoms. The first-order valence-corrected chi connectivity index (χ1v) is 10.6. The number of quaternary nitrogens is 1. The van der Waals surface area contributed by atoms with Crippen molar-refractivity contribution in [2.75, 3.05) is 38.2 Å². The summed E-state index contributed by atoms with van der Waals surface area (Å²) in [6.45, 7) is 8.32. The molecular formula is C24H30N3O3+. The second-order valence-electron chi connectivity index (χ2n) is 7.36. The van der Waals surface area contributed by atoms with Crippen LogP contribution in [0, 0.1) is 0 Å². The molecule has 1 aliphatic rings. The fourth-order valence-corrected chi connectivity index (χ4v) is 3.78. The number of hydrogen-bond donors (Lipinski definition) is 1. The molecule has 0 aliphatic carbocycles. The standard InChI is InChI=1S/C24H29N3O3/c1-4-26(5-2)16-8-15-25-17-22-20-9-6-7-10-21(20)23(28)27(24(22)29)18-11-13-19(30-3)14-12-18/h6-7,9-14,17,22H,4-5,8,15-16H2,1-3H3/p+1. The Morgan fingerprint density at radius 1 is 1.07 bits per heavy atom. The Morgan fingerprint density at radius 3 is 2.43 bits per heavy atom. The fraction of sp³-hybridized carbons (Fsp3) is 0.375. The van der Waals surface area contributed by atoms with Gasteiger partial charge in [0, 0.05) is 24.7 Å². The summed E-state index contributed by atoms with van der Waals surface area (Å²) < 4.78 is 5.19. The van der Waals surface area contributed by atoms with Gasteiger partial charge in [-0.1, -0.05) is 18.2 Å². The van der Waals surface area contributed by atoms with E-state index in [4.69, 9.17) is 4.74 Å². The number of amides is 2. The zero-order chi connectivity index (χ0) is 21.5. The highest BCUT2D eigenvalue weighted by Gasteiger charge is 2.38. The van der Waals surface area contributed by atoms with Gasteiger partial charge in [-0.25, -0.2) is 4.90 Å². The van der Waals surface area contributed by atoms with Gasteiger partial charge in [0.05, 0.1) is 38.3 Å². The average molecular weight is 409 g/mol. The molecule has 2 amide bonds. The topological polar surface area (TPSA) is 63.4 Å². The largest absolute Gasteiger partial charge is 0.497 e. The number of carbonyl (C=O) groups is 2. The minimum atomic E-state index is -0.568. The van der Waals surface area contributed by atoms with Gasteiger partial charge in [0.15, 0.2) is 0 Å². The lowest BCUT2D eigenvalue weighted by Gasteiger charge is -2.31. The van der Waals surface area contributed by atoms with Gasteiger partial charge in [-0.2, -0.15) is 0 Å². The van der Waals surface area contributed by atoms with Gasteiger partial charge in [-0.15, -0.1) is 0 Å². The molecule has 1 aliphatic heterocycles. The van der Waals surface area contributed by atoms with E-state index >= 15 is 0 Å². The van der Waals surface area contributed by atoms with Gasteiger partial charge >= 0.3 is 0 Å². The summed E-state index contributed by atoms with van der Waals surface area (Å²) in [6, 6.07) is 14.2. The molecule has 2 aromatic carbocycles. The number of rotatable bonds is 9. The number of nitrogens with zero attached hydrogens (tertiary/aromatic N) is 2. The molecule has 1 atom stereocenters. The van der Waals surface area contributed by atoms with Crippen LogP contribution >= 0.6 is 0 Å². The van der Waals surface area contributed by atoms with Crippen LogP contribution in [0.1, 0.15) is 42.1 Å². The number of ether oxygens (including phenoxy) is 1. The van der Waals surface area contributed by atoms with Gasteiger partial charge in [0.1, 0.15) is 5.75 Å². The van der Waals surface area contributed by atoms with E-state index in [0.717, 1.165) is 31.6 Å². The van der Waals surface area contributed by atoms with Crippen molar-refractivity contribution >= 4 is 23.7 Å². The Bertz CT molecular complexity index is 904. The SMILES string of the molecule is CC[NH+](CC)CCCN=CC1C(=O)N(c2ccc(OC)cc2)C(=O)c2ccccc21. The van der Waals surface area contributed by atoms with Crippen molar-refractivity contribution in [1.29, 1.82) is 0 Å². The molecule has 3 rings (SSSR count). The maximum atomic E-state index is 13.3. The van der Waals surface area contributed by atoms with E-state index in [2.05, 4.69) is 18.8 Å². The van der Waals surface area contributed by atoms with Crippen molar-refractivity contribution in [3.63, 3.8) is 0 Å². The van der Waals surface area contributed by atoms with Crippen LogP contribution < -0.4 is 14.5 Å². The minimum absolute atomic E-state index is 0.276. The van der Waals surface area contributed by atoms with Gasteiger partial charge in [0.25, 0.3) is 5.91 Å². The first kappa shape index (κ1) is 21.7. The lowest BCUT2D eigenvalue weighted by Crippen LogP contribution is -3.11. The second kappa shape index (κ2) is 10.2. The number of imide groups is 1. The fourth-order valence-electron chi connectivity index (χ4n) is 3.78. The van der Waals surface area contributed by atoms with E-state index < -0.39 is 5.92 Å². The number of nitrogens with one attached hydrogen (secondary N) is 1. The Kier molecular flexibility index (Phi) is 7.36. The molecule has 0 saturated heterocycles. The van der Waals surface area contributed by atoms with Crippen LogP contribution in [0.2, 0.25) is 0 Å². The van der Waals surface area contributed by atoms with E-state index in [-0.39, 0.29) is 11.8 Å². The van der Waals surface area contributed by atoms with Crippen molar-refractivity contribution < 1.29 is 19.2 Å². The quantitative estimate of drug-likeness (QED) is 0.394. The van der Waals surface area contributed by atoms with Crippen molar-refractivity contribution in [3.05, 3.63) is 59.7 Å². The monoisotopic (exact) mass is 408 g/mol. The predicted molar refractivity (Wildman–Crippen MR) is 119 cm³/mol. The summed E-state index contributed by atoms with van der Waals surface area (Å²) >= 11 is 0. The molecule has 6 heteroatoms. The molecule has 0 fully saturated rings. The van der Waals surface area contributed by atoms with E-state index in [1.807, 2.05) is 18.2 Å². The Balaban J connectivity index is 1.83. The van der Waals surface area contributed by atoms with Crippen molar-refractivity contribution in [2.45, 2.75) is 26.2 Å². The van der Waals surface area contributed by atoms with Gasteiger partial charge in [-0.05, 0) is 49.7 Å². The molecule has 158 valence electrons. The lowest BCUT2D eigenvalue weighted by molar-refractivity contribution is -0.896. The number of carbonyl (C=O) groups excluding carboxylic acids is 2. The minimum Gasteiger partial charge on any atom is -0.497 e. The van der Waals surface area contributed by atoms with Gasteiger partial charge in [-0.3, -0.25) is 14.6 Å². The smallest absolute Gasteiger partial charge is 0.265 e. The Labute approximate surface area is 178 Å². The predicted octanol–water partition coefficient (Wildman–Crippen LogP) is 2.35. The zero-order valence-electron chi connectivity index (χ0n) is 17.9. The molecule has 0 bridgehead atoms. The van der Waals surface area contributed by atoms with Crippen LogP contribution in [0.5, 0.6) is 5.75 Å². The highest BCUT2D eigenvalue weighted by molar-refractivity contribution is 6.29. The number of hydrogen-bond acceptors (Lipinski definition) is 4. The molecule has 1 heterocycles.